The van der Waals surface area contributed by atoms with Crippen LogP contribution in [0, 0.1) is 6.92 Å². The van der Waals surface area contributed by atoms with Gasteiger partial charge in [-0.15, -0.1) is 6.58 Å². The number of aryl methyl sites for hydroxylation is 1. The smallest absolute Gasteiger partial charge is 0.228 e. The van der Waals surface area contributed by atoms with E-state index in [1.165, 1.54) is 0 Å². The van der Waals surface area contributed by atoms with E-state index in [0.717, 1.165) is 15.7 Å². The number of nitrogens with one attached hydrogen (secondary N) is 1. The van der Waals surface area contributed by atoms with Crippen molar-refractivity contribution in [2.24, 2.45) is 0 Å². The molecule has 0 aromatic heterocycles. The molecule has 0 aliphatic heterocycles. The normalized spacial score (nSPS) is 9.57. The van der Waals surface area contributed by atoms with Crippen LogP contribution in [-0.2, 0) is 4.79 Å². The molecular formula is C11H12BrNO. The molecule has 0 saturated heterocycles. The number of rotatable bonds is 3. The van der Waals surface area contributed by atoms with Gasteiger partial charge in [0, 0.05) is 16.6 Å². The zero-order chi connectivity index (χ0) is 10.6. The Balaban J connectivity index is 2.76. The predicted octanol–water partition coefficient (Wildman–Crippen LogP) is 3.27. The number of amides is 1. The van der Waals surface area contributed by atoms with Gasteiger partial charge in [0.15, 0.2) is 0 Å². The minimum Gasteiger partial charge on any atom is -0.326 e. The van der Waals surface area contributed by atoms with Gasteiger partial charge in [0.1, 0.15) is 0 Å². The summed E-state index contributed by atoms with van der Waals surface area (Å²) in [4.78, 5) is 11.3. The van der Waals surface area contributed by atoms with E-state index in [4.69, 9.17) is 0 Å². The maximum absolute atomic E-state index is 11.3. The molecule has 0 aliphatic carbocycles. The standard InChI is InChI=1S/C11H12BrNO/c1-3-4-11(14)13-10-6-5-9(12)7-8(10)2/h3,5-7H,1,4H2,2H3,(H,13,14). The molecule has 1 amide bonds. The average Bonchev–Trinajstić information content (AvgIpc) is 2.10. The molecule has 74 valence electrons. The fourth-order valence-electron chi connectivity index (χ4n) is 1.10. The topological polar surface area (TPSA) is 29.1 Å². The summed E-state index contributed by atoms with van der Waals surface area (Å²) in [5.41, 5.74) is 1.89. The SMILES string of the molecule is C=CCC(=O)Nc1ccc(Br)cc1C. The van der Waals surface area contributed by atoms with E-state index >= 15 is 0 Å². The summed E-state index contributed by atoms with van der Waals surface area (Å²) >= 11 is 3.36. The van der Waals surface area contributed by atoms with Gasteiger partial charge >= 0.3 is 0 Å². The summed E-state index contributed by atoms with van der Waals surface area (Å²) in [6, 6.07) is 5.74. The molecule has 1 N–H and O–H groups in total. The summed E-state index contributed by atoms with van der Waals surface area (Å²) in [5, 5.41) is 2.81. The molecule has 0 fully saturated rings. The summed E-state index contributed by atoms with van der Waals surface area (Å²) in [7, 11) is 0. The predicted molar refractivity (Wildman–Crippen MR) is 62.3 cm³/mol. The molecule has 0 saturated carbocycles. The molecule has 1 aromatic rings. The first kappa shape index (κ1) is 11.0. The van der Waals surface area contributed by atoms with E-state index in [0.29, 0.717) is 6.42 Å². The van der Waals surface area contributed by atoms with Crippen molar-refractivity contribution in [1.29, 1.82) is 0 Å². The Morgan fingerprint density at radius 1 is 1.64 bits per heavy atom. The van der Waals surface area contributed by atoms with Crippen LogP contribution in [0.25, 0.3) is 0 Å². The Labute approximate surface area is 92.1 Å². The number of carbonyl (C=O) groups is 1. The third-order valence-corrected chi connectivity index (χ3v) is 2.29. The molecular weight excluding hydrogens is 242 g/mol. The van der Waals surface area contributed by atoms with Gasteiger partial charge in [-0.3, -0.25) is 4.79 Å². The van der Waals surface area contributed by atoms with Crippen molar-refractivity contribution in [1.82, 2.24) is 0 Å². The Hall–Kier alpha value is -1.09. The van der Waals surface area contributed by atoms with Crippen LogP contribution in [0.2, 0.25) is 0 Å². The highest BCUT2D eigenvalue weighted by Crippen LogP contribution is 2.19. The highest BCUT2D eigenvalue weighted by molar-refractivity contribution is 9.10. The minimum atomic E-state index is -0.0366. The zero-order valence-corrected chi connectivity index (χ0v) is 9.60. The van der Waals surface area contributed by atoms with Crippen molar-refractivity contribution in [3.8, 4) is 0 Å². The Bertz CT molecular complexity index is 360. The van der Waals surface area contributed by atoms with Crippen molar-refractivity contribution >= 4 is 27.5 Å². The average molecular weight is 254 g/mol. The van der Waals surface area contributed by atoms with E-state index in [2.05, 4.69) is 27.8 Å². The lowest BCUT2D eigenvalue weighted by atomic mass is 10.2. The Morgan fingerprint density at radius 2 is 2.36 bits per heavy atom. The van der Waals surface area contributed by atoms with E-state index in [-0.39, 0.29) is 5.91 Å². The lowest BCUT2D eigenvalue weighted by Gasteiger charge is -2.07. The van der Waals surface area contributed by atoms with E-state index in [9.17, 15) is 4.79 Å². The lowest BCUT2D eigenvalue weighted by Crippen LogP contribution is -2.10. The van der Waals surface area contributed by atoms with Crippen molar-refractivity contribution in [2.45, 2.75) is 13.3 Å². The number of hydrogen-bond donors (Lipinski definition) is 1. The second-order valence-corrected chi connectivity index (χ2v) is 3.92. The van der Waals surface area contributed by atoms with Crippen LogP contribution in [0.3, 0.4) is 0 Å². The second-order valence-electron chi connectivity index (χ2n) is 3.00. The Kier molecular flexibility index (Phi) is 3.89. The van der Waals surface area contributed by atoms with Crippen molar-refractivity contribution in [2.75, 3.05) is 5.32 Å². The number of carbonyl (C=O) groups excluding carboxylic acids is 1. The summed E-state index contributed by atoms with van der Waals surface area (Å²) in [5.74, 6) is -0.0366. The first-order chi connectivity index (χ1) is 6.63. The molecule has 1 aromatic carbocycles. The lowest BCUT2D eigenvalue weighted by molar-refractivity contribution is -0.115. The van der Waals surface area contributed by atoms with Gasteiger partial charge in [0.2, 0.25) is 5.91 Å². The molecule has 2 nitrogen and oxygen atoms in total. The number of anilines is 1. The number of hydrogen-bond acceptors (Lipinski definition) is 1. The van der Waals surface area contributed by atoms with Crippen LogP contribution in [0.1, 0.15) is 12.0 Å². The molecule has 14 heavy (non-hydrogen) atoms. The van der Waals surface area contributed by atoms with Crippen LogP contribution in [0.5, 0.6) is 0 Å². The van der Waals surface area contributed by atoms with Crippen molar-refractivity contribution < 1.29 is 4.79 Å². The molecule has 0 spiro atoms. The second kappa shape index (κ2) is 4.96. The minimum absolute atomic E-state index is 0.0366. The van der Waals surface area contributed by atoms with Gasteiger partial charge in [-0.1, -0.05) is 22.0 Å². The van der Waals surface area contributed by atoms with Crippen molar-refractivity contribution in [3.05, 3.63) is 40.9 Å². The zero-order valence-electron chi connectivity index (χ0n) is 8.01. The Morgan fingerprint density at radius 3 is 2.93 bits per heavy atom. The number of benzene rings is 1. The largest absolute Gasteiger partial charge is 0.326 e. The fourth-order valence-corrected chi connectivity index (χ4v) is 1.58. The fraction of sp³-hybridized carbons (Fsp3) is 0.182. The number of halogens is 1. The van der Waals surface area contributed by atoms with Gasteiger partial charge < -0.3 is 5.32 Å². The van der Waals surface area contributed by atoms with Gasteiger partial charge in [-0.2, -0.15) is 0 Å². The molecule has 0 aliphatic rings. The molecule has 0 radical (unpaired) electrons. The maximum Gasteiger partial charge on any atom is 0.228 e. The van der Waals surface area contributed by atoms with Crippen LogP contribution in [0.15, 0.2) is 35.3 Å². The monoisotopic (exact) mass is 253 g/mol. The molecule has 0 atom stereocenters. The van der Waals surface area contributed by atoms with Crippen LogP contribution < -0.4 is 5.32 Å². The molecule has 0 bridgehead atoms. The molecule has 3 heteroatoms. The van der Waals surface area contributed by atoms with Crippen LogP contribution >= 0.6 is 15.9 Å². The third-order valence-electron chi connectivity index (χ3n) is 1.79. The van der Waals surface area contributed by atoms with E-state index in [1.807, 2.05) is 25.1 Å². The van der Waals surface area contributed by atoms with Crippen molar-refractivity contribution in [3.63, 3.8) is 0 Å². The molecule has 0 unspecified atom stereocenters. The van der Waals surface area contributed by atoms with Crippen LogP contribution in [0.4, 0.5) is 5.69 Å². The van der Waals surface area contributed by atoms with Crippen LogP contribution in [-0.4, -0.2) is 5.91 Å². The van der Waals surface area contributed by atoms with Gasteiger partial charge in [-0.05, 0) is 30.7 Å². The first-order valence-corrected chi connectivity index (χ1v) is 5.09. The summed E-state index contributed by atoms with van der Waals surface area (Å²) in [6.45, 7) is 5.46. The maximum atomic E-state index is 11.3. The summed E-state index contributed by atoms with van der Waals surface area (Å²) in [6.07, 6.45) is 1.93. The summed E-state index contributed by atoms with van der Waals surface area (Å²) < 4.78 is 1.01. The molecule has 1 rings (SSSR count). The van der Waals surface area contributed by atoms with E-state index < -0.39 is 0 Å². The van der Waals surface area contributed by atoms with Gasteiger partial charge in [-0.25, -0.2) is 0 Å². The van der Waals surface area contributed by atoms with Gasteiger partial charge in [0.05, 0.1) is 0 Å². The highest BCUT2D eigenvalue weighted by Gasteiger charge is 2.02. The first-order valence-electron chi connectivity index (χ1n) is 4.30. The third kappa shape index (κ3) is 3.00. The van der Waals surface area contributed by atoms with E-state index in [1.54, 1.807) is 6.08 Å². The highest BCUT2D eigenvalue weighted by atomic mass is 79.9. The van der Waals surface area contributed by atoms with Gasteiger partial charge in [0.25, 0.3) is 0 Å². The molecule has 0 heterocycles. The quantitative estimate of drug-likeness (QED) is 0.824.